The van der Waals surface area contributed by atoms with Gasteiger partial charge >= 0.3 is 0 Å². The van der Waals surface area contributed by atoms with E-state index in [9.17, 15) is 4.79 Å². The number of halogens is 1. The number of carbonyl (C=O) groups excluding carboxylic acids is 1. The molecule has 0 aliphatic heterocycles. The van der Waals surface area contributed by atoms with E-state index in [1.807, 2.05) is 18.2 Å². The highest BCUT2D eigenvalue weighted by Gasteiger charge is 2.27. The van der Waals surface area contributed by atoms with Crippen molar-refractivity contribution in [3.63, 3.8) is 0 Å². The summed E-state index contributed by atoms with van der Waals surface area (Å²) in [4.78, 5) is 14.2. The molecule has 2 rings (SSSR count). The van der Waals surface area contributed by atoms with Crippen LogP contribution in [0.5, 0.6) is 0 Å². The van der Waals surface area contributed by atoms with Crippen LogP contribution in [-0.2, 0) is 0 Å². The Labute approximate surface area is 135 Å². The van der Waals surface area contributed by atoms with Crippen LogP contribution in [0.2, 0.25) is 0 Å². The van der Waals surface area contributed by atoms with Crippen molar-refractivity contribution in [3.05, 3.63) is 28.2 Å². The molecule has 0 saturated heterocycles. The molecule has 0 atom stereocenters. The first-order valence-electron chi connectivity index (χ1n) is 7.65. The molecule has 1 fully saturated rings. The van der Waals surface area contributed by atoms with Gasteiger partial charge in [0, 0.05) is 23.1 Å². The van der Waals surface area contributed by atoms with Crippen LogP contribution in [0.4, 0.5) is 5.69 Å². The minimum Gasteiger partial charge on any atom is -0.368 e. The fraction of sp³-hybridized carbons (Fsp3) is 0.562. The van der Waals surface area contributed by atoms with Crippen LogP contribution in [0.3, 0.4) is 0 Å². The van der Waals surface area contributed by atoms with Crippen LogP contribution in [0.25, 0.3) is 0 Å². The lowest BCUT2D eigenvalue weighted by Crippen LogP contribution is -2.42. The fourth-order valence-corrected chi connectivity index (χ4v) is 3.70. The normalized spacial score (nSPS) is 22.0. The number of nitrogens with zero attached hydrogens (tertiary/aromatic N) is 1. The third kappa shape index (κ3) is 3.77. The number of hydrogen-bond acceptors (Lipinski definition) is 3. The van der Waals surface area contributed by atoms with Gasteiger partial charge in [0.15, 0.2) is 0 Å². The largest absolute Gasteiger partial charge is 0.368 e. The van der Waals surface area contributed by atoms with E-state index in [2.05, 4.69) is 27.8 Å². The number of benzene rings is 1. The molecule has 1 aromatic rings. The van der Waals surface area contributed by atoms with E-state index in [1.54, 1.807) is 0 Å². The van der Waals surface area contributed by atoms with E-state index >= 15 is 0 Å². The van der Waals surface area contributed by atoms with Crippen molar-refractivity contribution in [3.8, 4) is 0 Å². The molecule has 21 heavy (non-hydrogen) atoms. The lowest BCUT2D eigenvalue weighted by atomic mass is 9.90. The lowest BCUT2D eigenvalue weighted by Gasteiger charge is -2.38. The number of primary amides is 1. The number of rotatable bonds is 5. The van der Waals surface area contributed by atoms with E-state index in [0.717, 1.165) is 48.8 Å². The molecule has 0 unspecified atom stereocenters. The topological polar surface area (TPSA) is 72.3 Å². The van der Waals surface area contributed by atoms with E-state index < -0.39 is 0 Å². The standard InChI is InChI=1S/C16H24BrN3O/c1-2-10-20(12-8-6-11(18)7-9-12)14-5-3-4-13(17)15(14)16(19)21/h3-5,11-12H,2,6-10,18H2,1H3,(H2,19,21). The third-order valence-electron chi connectivity index (χ3n) is 4.19. The molecule has 1 saturated carbocycles. The summed E-state index contributed by atoms with van der Waals surface area (Å²) in [6.07, 6.45) is 5.28. The van der Waals surface area contributed by atoms with Crippen LogP contribution in [0, 0.1) is 0 Å². The number of anilines is 1. The SMILES string of the molecule is CCCN(c1cccc(Br)c1C(N)=O)C1CCC(N)CC1. The Bertz CT molecular complexity index is 498. The summed E-state index contributed by atoms with van der Waals surface area (Å²) in [6.45, 7) is 3.08. The fourth-order valence-electron chi connectivity index (χ4n) is 3.15. The number of amides is 1. The van der Waals surface area contributed by atoms with Crippen LogP contribution < -0.4 is 16.4 Å². The summed E-state index contributed by atoms with van der Waals surface area (Å²) in [5.74, 6) is -0.383. The highest BCUT2D eigenvalue weighted by atomic mass is 79.9. The molecule has 0 spiro atoms. The van der Waals surface area contributed by atoms with E-state index in [4.69, 9.17) is 11.5 Å². The van der Waals surface area contributed by atoms with Gasteiger partial charge in [-0.05, 0) is 60.2 Å². The Morgan fingerprint density at radius 2 is 2.00 bits per heavy atom. The zero-order chi connectivity index (χ0) is 15.4. The van der Waals surface area contributed by atoms with Gasteiger partial charge < -0.3 is 16.4 Å². The number of carbonyl (C=O) groups is 1. The molecular formula is C16H24BrN3O. The Balaban J connectivity index is 2.34. The molecular weight excluding hydrogens is 330 g/mol. The first kappa shape index (κ1) is 16.3. The van der Waals surface area contributed by atoms with E-state index in [1.165, 1.54) is 0 Å². The zero-order valence-electron chi connectivity index (χ0n) is 12.5. The van der Waals surface area contributed by atoms with E-state index in [-0.39, 0.29) is 5.91 Å². The van der Waals surface area contributed by atoms with Crippen molar-refractivity contribution < 1.29 is 4.79 Å². The minimum absolute atomic E-state index is 0.322. The Morgan fingerprint density at radius 1 is 1.33 bits per heavy atom. The Hall–Kier alpha value is -1.07. The molecule has 0 radical (unpaired) electrons. The van der Waals surface area contributed by atoms with Crippen molar-refractivity contribution in [1.82, 2.24) is 0 Å². The molecule has 5 heteroatoms. The van der Waals surface area contributed by atoms with Gasteiger partial charge in [-0.15, -0.1) is 0 Å². The summed E-state index contributed by atoms with van der Waals surface area (Å²) in [5.41, 5.74) is 13.1. The Kier molecular flexibility index (Phi) is 5.65. The lowest BCUT2D eigenvalue weighted by molar-refractivity contribution is 0.1000. The molecule has 1 aromatic carbocycles. The minimum atomic E-state index is -0.383. The molecule has 1 amide bonds. The van der Waals surface area contributed by atoms with Gasteiger partial charge in [0.25, 0.3) is 5.91 Å². The van der Waals surface area contributed by atoms with Gasteiger partial charge in [0.1, 0.15) is 0 Å². The molecule has 0 heterocycles. The maximum Gasteiger partial charge on any atom is 0.251 e. The predicted molar refractivity (Wildman–Crippen MR) is 90.5 cm³/mol. The molecule has 1 aliphatic carbocycles. The summed E-state index contributed by atoms with van der Waals surface area (Å²) < 4.78 is 0.765. The van der Waals surface area contributed by atoms with Gasteiger partial charge in [-0.1, -0.05) is 13.0 Å². The van der Waals surface area contributed by atoms with Crippen LogP contribution >= 0.6 is 15.9 Å². The summed E-state index contributed by atoms with van der Waals surface area (Å²) in [7, 11) is 0. The van der Waals surface area contributed by atoms with Gasteiger partial charge in [0.05, 0.1) is 11.3 Å². The van der Waals surface area contributed by atoms with Gasteiger partial charge in [-0.3, -0.25) is 4.79 Å². The average molecular weight is 354 g/mol. The van der Waals surface area contributed by atoms with Gasteiger partial charge in [-0.25, -0.2) is 0 Å². The number of hydrogen-bond donors (Lipinski definition) is 2. The zero-order valence-corrected chi connectivity index (χ0v) is 14.1. The van der Waals surface area contributed by atoms with Crippen LogP contribution in [0.15, 0.2) is 22.7 Å². The molecule has 1 aliphatic rings. The highest BCUT2D eigenvalue weighted by Crippen LogP contribution is 2.32. The monoisotopic (exact) mass is 353 g/mol. The van der Waals surface area contributed by atoms with Crippen molar-refractivity contribution in [1.29, 1.82) is 0 Å². The third-order valence-corrected chi connectivity index (χ3v) is 4.85. The second kappa shape index (κ2) is 7.27. The summed E-state index contributed by atoms with van der Waals surface area (Å²) in [5, 5.41) is 0. The molecule has 0 aromatic heterocycles. The van der Waals surface area contributed by atoms with Crippen molar-refractivity contribution in [2.24, 2.45) is 11.5 Å². The maximum atomic E-state index is 11.8. The van der Waals surface area contributed by atoms with Crippen LogP contribution in [-0.4, -0.2) is 24.5 Å². The van der Waals surface area contributed by atoms with E-state index in [0.29, 0.717) is 17.6 Å². The van der Waals surface area contributed by atoms with Crippen LogP contribution in [0.1, 0.15) is 49.4 Å². The Morgan fingerprint density at radius 3 is 2.57 bits per heavy atom. The van der Waals surface area contributed by atoms with Crippen molar-refractivity contribution >= 4 is 27.5 Å². The average Bonchev–Trinajstić information content (AvgIpc) is 2.45. The molecule has 0 bridgehead atoms. The second-order valence-electron chi connectivity index (χ2n) is 5.76. The first-order valence-corrected chi connectivity index (χ1v) is 8.44. The maximum absolute atomic E-state index is 11.8. The van der Waals surface area contributed by atoms with Gasteiger partial charge in [-0.2, -0.15) is 0 Å². The second-order valence-corrected chi connectivity index (χ2v) is 6.61. The summed E-state index contributed by atoms with van der Waals surface area (Å²) in [6, 6.07) is 6.59. The summed E-state index contributed by atoms with van der Waals surface area (Å²) >= 11 is 3.45. The molecule has 116 valence electrons. The molecule has 4 nitrogen and oxygen atoms in total. The molecule has 4 N–H and O–H groups in total. The quantitative estimate of drug-likeness (QED) is 0.854. The highest BCUT2D eigenvalue weighted by molar-refractivity contribution is 9.10. The van der Waals surface area contributed by atoms with Crippen molar-refractivity contribution in [2.45, 2.75) is 51.1 Å². The van der Waals surface area contributed by atoms with Crippen molar-refractivity contribution in [2.75, 3.05) is 11.4 Å². The number of nitrogens with two attached hydrogens (primary N) is 2. The first-order chi connectivity index (χ1) is 10.0. The predicted octanol–water partition coefficient (Wildman–Crippen LogP) is 3.03. The smallest absolute Gasteiger partial charge is 0.251 e. The van der Waals surface area contributed by atoms with Gasteiger partial charge in [0.2, 0.25) is 0 Å².